The number of benzene rings is 1. The monoisotopic (exact) mass is 369 g/mol. The molecule has 3 rings (SSSR count). The van der Waals surface area contributed by atoms with E-state index in [0.717, 1.165) is 31.5 Å². The molecular weight excluding hydrogens is 342 g/mol. The third-order valence-corrected chi connectivity index (χ3v) is 5.07. The summed E-state index contributed by atoms with van der Waals surface area (Å²) in [5, 5.41) is 5.84. The van der Waals surface area contributed by atoms with Crippen LogP contribution in [0, 0.1) is 0 Å². The van der Waals surface area contributed by atoms with Gasteiger partial charge in [0.25, 0.3) is 5.91 Å². The highest BCUT2D eigenvalue weighted by molar-refractivity contribution is 5.95. The summed E-state index contributed by atoms with van der Waals surface area (Å²) in [4.78, 5) is 27.6. The largest absolute Gasteiger partial charge is 0.459 e. The zero-order valence-corrected chi connectivity index (χ0v) is 15.7. The zero-order chi connectivity index (χ0) is 19.1. The molecule has 0 spiro atoms. The summed E-state index contributed by atoms with van der Waals surface area (Å²) in [6.07, 6.45) is 4.13. The van der Waals surface area contributed by atoms with Gasteiger partial charge in [-0.3, -0.25) is 14.5 Å². The van der Waals surface area contributed by atoms with Gasteiger partial charge >= 0.3 is 0 Å². The minimum absolute atomic E-state index is 0.165. The van der Waals surface area contributed by atoms with Gasteiger partial charge in [-0.05, 0) is 43.6 Å². The van der Waals surface area contributed by atoms with Crippen molar-refractivity contribution in [3.8, 4) is 0 Å². The van der Waals surface area contributed by atoms with Gasteiger partial charge in [0.05, 0.1) is 6.26 Å². The van der Waals surface area contributed by atoms with Crippen LogP contribution in [-0.4, -0.2) is 48.4 Å². The van der Waals surface area contributed by atoms with E-state index in [1.165, 1.54) is 6.26 Å². The highest BCUT2D eigenvalue weighted by Gasteiger charge is 2.26. The van der Waals surface area contributed by atoms with Gasteiger partial charge in [0.1, 0.15) is 6.04 Å². The van der Waals surface area contributed by atoms with Crippen LogP contribution in [-0.2, 0) is 11.2 Å². The highest BCUT2D eigenvalue weighted by atomic mass is 16.3. The number of carbonyl (C=O) groups excluding carboxylic acids is 2. The molecule has 2 heterocycles. The maximum Gasteiger partial charge on any atom is 0.287 e. The molecule has 2 unspecified atom stereocenters. The van der Waals surface area contributed by atoms with Gasteiger partial charge in [0.15, 0.2) is 5.76 Å². The molecule has 1 fully saturated rings. The van der Waals surface area contributed by atoms with Crippen molar-refractivity contribution >= 4 is 11.8 Å². The minimum atomic E-state index is -0.651. The Balaban J connectivity index is 1.64. The van der Waals surface area contributed by atoms with Crippen LogP contribution in [0.15, 0.2) is 53.1 Å². The molecule has 1 aliphatic rings. The Morgan fingerprint density at radius 1 is 1.22 bits per heavy atom. The average Bonchev–Trinajstić information content (AvgIpc) is 3.38. The molecule has 0 saturated carbocycles. The molecule has 0 radical (unpaired) electrons. The van der Waals surface area contributed by atoms with Gasteiger partial charge < -0.3 is 15.1 Å². The SMILES string of the molecule is CCN1CCCC1CNC(=O)C(Cc1ccccc1)NC(=O)c1ccco1. The lowest BCUT2D eigenvalue weighted by atomic mass is 10.0. The molecule has 1 aromatic carbocycles. The van der Waals surface area contributed by atoms with Crippen LogP contribution in [0.3, 0.4) is 0 Å². The normalized spacial score (nSPS) is 18.2. The lowest BCUT2D eigenvalue weighted by Crippen LogP contribution is -2.50. The number of rotatable bonds is 8. The molecule has 144 valence electrons. The summed E-state index contributed by atoms with van der Waals surface area (Å²) in [5.41, 5.74) is 0.994. The van der Waals surface area contributed by atoms with E-state index in [2.05, 4.69) is 22.5 Å². The van der Waals surface area contributed by atoms with Gasteiger partial charge in [-0.25, -0.2) is 0 Å². The van der Waals surface area contributed by atoms with E-state index >= 15 is 0 Å². The molecule has 0 bridgehead atoms. The number of nitrogens with one attached hydrogen (secondary N) is 2. The number of hydrogen-bond donors (Lipinski definition) is 2. The summed E-state index contributed by atoms with van der Waals surface area (Å²) in [6.45, 7) is 4.82. The Kier molecular flexibility index (Phi) is 6.65. The average molecular weight is 369 g/mol. The molecule has 6 nitrogen and oxygen atoms in total. The van der Waals surface area contributed by atoms with Crippen LogP contribution in [0.1, 0.15) is 35.9 Å². The highest BCUT2D eigenvalue weighted by Crippen LogP contribution is 2.15. The van der Waals surface area contributed by atoms with E-state index in [0.29, 0.717) is 19.0 Å². The van der Waals surface area contributed by atoms with Gasteiger partial charge in [-0.15, -0.1) is 0 Å². The predicted molar refractivity (Wildman–Crippen MR) is 103 cm³/mol. The molecular formula is C21H27N3O3. The van der Waals surface area contributed by atoms with Gasteiger partial charge in [-0.1, -0.05) is 37.3 Å². The second-order valence-electron chi connectivity index (χ2n) is 6.86. The molecule has 1 saturated heterocycles. The van der Waals surface area contributed by atoms with Crippen molar-refractivity contribution in [3.63, 3.8) is 0 Å². The summed E-state index contributed by atoms with van der Waals surface area (Å²) >= 11 is 0. The molecule has 1 aromatic heterocycles. The molecule has 2 atom stereocenters. The molecule has 2 aromatic rings. The number of likely N-dealkylation sites (tertiary alicyclic amines) is 1. The maximum atomic E-state index is 12.8. The van der Waals surface area contributed by atoms with E-state index < -0.39 is 6.04 Å². The van der Waals surface area contributed by atoms with Crippen molar-refractivity contribution in [3.05, 3.63) is 60.1 Å². The quantitative estimate of drug-likeness (QED) is 0.748. The van der Waals surface area contributed by atoms with Crippen LogP contribution in [0.5, 0.6) is 0 Å². The summed E-state index contributed by atoms with van der Waals surface area (Å²) in [7, 11) is 0. The number of furan rings is 1. The minimum Gasteiger partial charge on any atom is -0.459 e. The Morgan fingerprint density at radius 2 is 2.04 bits per heavy atom. The Bertz CT molecular complexity index is 730. The summed E-state index contributed by atoms with van der Waals surface area (Å²) < 4.78 is 5.15. The zero-order valence-electron chi connectivity index (χ0n) is 15.7. The first-order chi connectivity index (χ1) is 13.2. The van der Waals surface area contributed by atoms with Crippen molar-refractivity contribution < 1.29 is 14.0 Å². The smallest absolute Gasteiger partial charge is 0.287 e. The van der Waals surface area contributed by atoms with Crippen LogP contribution in [0.25, 0.3) is 0 Å². The number of nitrogens with zero attached hydrogens (tertiary/aromatic N) is 1. The first-order valence-corrected chi connectivity index (χ1v) is 9.57. The third kappa shape index (κ3) is 5.20. The number of amides is 2. The first kappa shape index (κ1) is 19.2. The van der Waals surface area contributed by atoms with Gasteiger partial charge in [0, 0.05) is 19.0 Å². The number of hydrogen-bond acceptors (Lipinski definition) is 4. The van der Waals surface area contributed by atoms with Crippen LogP contribution >= 0.6 is 0 Å². The number of carbonyl (C=O) groups is 2. The van der Waals surface area contributed by atoms with Crippen LogP contribution < -0.4 is 10.6 Å². The Morgan fingerprint density at radius 3 is 2.74 bits per heavy atom. The van der Waals surface area contributed by atoms with Gasteiger partial charge in [0.2, 0.25) is 5.91 Å². The van der Waals surface area contributed by atoms with E-state index in [4.69, 9.17) is 4.42 Å². The van der Waals surface area contributed by atoms with Crippen molar-refractivity contribution in [1.82, 2.24) is 15.5 Å². The second-order valence-corrected chi connectivity index (χ2v) is 6.86. The van der Waals surface area contributed by atoms with Gasteiger partial charge in [-0.2, -0.15) is 0 Å². The lowest BCUT2D eigenvalue weighted by Gasteiger charge is -2.24. The molecule has 2 N–H and O–H groups in total. The number of likely N-dealkylation sites (N-methyl/N-ethyl adjacent to an activating group) is 1. The van der Waals surface area contributed by atoms with E-state index in [-0.39, 0.29) is 17.6 Å². The Hall–Kier alpha value is -2.60. The Labute approximate surface area is 159 Å². The summed E-state index contributed by atoms with van der Waals surface area (Å²) in [6, 6.07) is 12.7. The molecule has 27 heavy (non-hydrogen) atoms. The van der Waals surface area contributed by atoms with Crippen LogP contribution in [0.2, 0.25) is 0 Å². The molecule has 2 amide bonds. The topological polar surface area (TPSA) is 74.6 Å². The fourth-order valence-electron chi connectivity index (χ4n) is 3.58. The third-order valence-electron chi connectivity index (χ3n) is 5.07. The molecule has 1 aliphatic heterocycles. The van der Waals surface area contributed by atoms with Crippen LogP contribution in [0.4, 0.5) is 0 Å². The van der Waals surface area contributed by atoms with Crippen molar-refractivity contribution in [2.24, 2.45) is 0 Å². The second kappa shape index (κ2) is 9.37. The predicted octanol–water partition coefficient (Wildman–Crippen LogP) is 2.22. The van der Waals surface area contributed by atoms with E-state index in [1.807, 2.05) is 30.3 Å². The van der Waals surface area contributed by atoms with E-state index in [1.54, 1.807) is 12.1 Å². The molecule has 6 heteroatoms. The molecule has 0 aliphatic carbocycles. The fraction of sp³-hybridized carbons (Fsp3) is 0.429. The van der Waals surface area contributed by atoms with E-state index in [9.17, 15) is 9.59 Å². The van der Waals surface area contributed by atoms with Crippen molar-refractivity contribution in [2.75, 3.05) is 19.6 Å². The standard InChI is InChI=1S/C21H27N3O3/c1-2-24-12-6-10-17(24)15-22-20(25)18(14-16-8-4-3-5-9-16)23-21(26)19-11-7-13-27-19/h3-5,7-9,11,13,17-18H,2,6,10,12,14-15H2,1H3,(H,22,25)(H,23,26). The maximum absolute atomic E-state index is 12.8. The van der Waals surface area contributed by atoms with Crippen molar-refractivity contribution in [2.45, 2.75) is 38.3 Å². The first-order valence-electron chi connectivity index (χ1n) is 9.57. The summed E-state index contributed by atoms with van der Waals surface area (Å²) in [5.74, 6) is -0.345. The lowest BCUT2D eigenvalue weighted by molar-refractivity contribution is -0.123. The fourth-order valence-corrected chi connectivity index (χ4v) is 3.58. The van der Waals surface area contributed by atoms with Crippen molar-refractivity contribution in [1.29, 1.82) is 0 Å².